The first-order chi connectivity index (χ1) is 8.57. The van der Waals surface area contributed by atoms with Gasteiger partial charge in [0.25, 0.3) is 0 Å². The third-order valence-corrected chi connectivity index (χ3v) is 4.30. The fraction of sp³-hybridized carbons (Fsp3) is 1.00. The Hall–Kier alpha value is 2.26. The van der Waals surface area contributed by atoms with E-state index in [9.17, 15) is 28.7 Å². The summed E-state index contributed by atoms with van der Waals surface area (Å²) >= 11 is 0. The Morgan fingerprint density at radius 1 is 0.952 bits per heavy atom. The van der Waals surface area contributed by atoms with Gasteiger partial charge in [-0.25, -0.2) is 0 Å². The van der Waals surface area contributed by atoms with E-state index in [-0.39, 0.29) is 71.6 Å². The van der Waals surface area contributed by atoms with Crippen LogP contribution in [0.4, 0.5) is 0 Å². The maximum atomic E-state index is 10.7. The zero-order chi connectivity index (χ0) is 15.1. The van der Waals surface area contributed by atoms with Crippen LogP contribution in [0.5, 0.6) is 0 Å². The van der Waals surface area contributed by atoms with E-state index in [0.717, 1.165) is 30.6 Å². The number of nitrogens with zero attached hydrogens (tertiary/aromatic N) is 1. The number of rotatable bonds is 10. The summed E-state index contributed by atoms with van der Waals surface area (Å²) in [5.41, 5.74) is 0. The van der Waals surface area contributed by atoms with Crippen molar-refractivity contribution in [3.63, 3.8) is 0 Å². The fourth-order valence-electron chi connectivity index (χ4n) is 1.93. The second-order valence-corrected chi connectivity index (χ2v) is 7.78. The van der Waals surface area contributed by atoms with E-state index in [0.29, 0.717) is 0 Å². The summed E-state index contributed by atoms with van der Waals surface area (Å²) in [6.07, 6.45) is 1.63. The Balaban J connectivity index is -0.00000162. The average molecular weight is 359 g/mol. The predicted molar refractivity (Wildman–Crippen MR) is 65.0 cm³/mol. The van der Waals surface area contributed by atoms with E-state index in [2.05, 4.69) is 0 Å². The van der Waals surface area contributed by atoms with Gasteiger partial charge in [0.15, 0.2) is 0 Å². The summed E-state index contributed by atoms with van der Waals surface area (Å²) in [4.78, 5) is 43.9. The minimum atomic E-state index is -4.87. The van der Waals surface area contributed by atoms with Gasteiger partial charge in [-0.1, -0.05) is 48.3 Å². The predicted octanol–water partition coefficient (Wildman–Crippen LogP) is -6.74. The molecule has 0 saturated heterocycles. The molecule has 0 aromatic heterocycles. The zero-order valence-electron chi connectivity index (χ0n) is 13.3. The van der Waals surface area contributed by atoms with Crippen molar-refractivity contribution < 1.29 is 87.8 Å². The molecule has 0 bridgehead atoms. The first-order valence-corrected chi connectivity index (χ1v) is 9.77. The Morgan fingerprint density at radius 3 is 1.67 bits per heavy atom. The molecule has 116 valence electrons. The van der Waals surface area contributed by atoms with Crippen LogP contribution in [0.3, 0.4) is 0 Å². The minimum absolute atomic E-state index is 0. The quantitative estimate of drug-likeness (QED) is 0.280. The van der Waals surface area contributed by atoms with Gasteiger partial charge in [-0.3, -0.25) is 4.90 Å². The first kappa shape index (κ1) is 28.1. The Kier molecular flexibility index (Phi) is 18.1. The molecule has 0 N–H and O–H groups in total. The van der Waals surface area contributed by atoms with E-state index in [4.69, 9.17) is 0 Å². The van der Waals surface area contributed by atoms with Crippen LogP contribution < -0.4 is 78.7 Å². The van der Waals surface area contributed by atoms with Gasteiger partial charge in [-0.2, -0.15) is 0 Å². The third-order valence-electron chi connectivity index (χ3n) is 2.81. The maximum absolute atomic E-state index is 10.7. The van der Waals surface area contributed by atoms with Gasteiger partial charge in [0.2, 0.25) is 0 Å². The molecule has 1 atom stereocenters. The topological polar surface area (TPSA) is 130 Å². The van der Waals surface area contributed by atoms with Gasteiger partial charge in [0.1, 0.15) is 0 Å². The van der Waals surface area contributed by atoms with E-state index in [1.807, 2.05) is 13.8 Å². The molecule has 0 aliphatic rings. The second-order valence-electron chi connectivity index (χ2n) is 4.77. The Bertz CT molecular complexity index is 324. The van der Waals surface area contributed by atoms with E-state index >= 15 is 0 Å². The summed E-state index contributed by atoms with van der Waals surface area (Å²) in [7, 11) is -9.75. The molecule has 21 heavy (non-hydrogen) atoms. The molecule has 0 rings (SSSR count). The maximum Gasteiger partial charge on any atom is 1.00 e. The largest absolute Gasteiger partial charge is 1.00 e. The minimum Gasteiger partial charge on any atom is -0.810 e. The summed E-state index contributed by atoms with van der Waals surface area (Å²) in [5.74, 6) is 0.0815. The molecule has 0 aromatic rings. The average Bonchev–Trinajstić information content (AvgIpc) is 2.19. The monoisotopic (exact) mass is 359 g/mol. The molecule has 0 amide bonds. The van der Waals surface area contributed by atoms with Gasteiger partial charge in [-0.15, -0.1) is 0 Å². The van der Waals surface area contributed by atoms with Crippen LogP contribution in [0.25, 0.3) is 0 Å². The van der Waals surface area contributed by atoms with Crippen LogP contribution in [0, 0.1) is 5.92 Å². The van der Waals surface area contributed by atoms with Gasteiger partial charge in [-0.05, 0) is 12.3 Å². The number of unbranched alkanes of at least 4 members (excludes halogenated alkanes) is 1. The molecule has 0 heterocycles. The van der Waals surface area contributed by atoms with Crippen LogP contribution in [0.1, 0.15) is 39.5 Å². The molecular weight excluding hydrogens is 338 g/mol. The van der Waals surface area contributed by atoms with Crippen molar-refractivity contribution in [2.75, 3.05) is 19.1 Å². The molecule has 0 aliphatic heterocycles. The smallest absolute Gasteiger partial charge is 0.810 e. The number of hydrogen-bond donors (Lipinski definition) is 0. The number of hydrogen-bond acceptors (Lipinski definition) is 7. The van der Waals surface area contributed by atoms with Crippen molar-refractivity contribution in [3.8, 4) is 0 Å². The van der Waals surface area contributed by atoms with E-state index in [1.54, 1.807) is 0 Å². The van der Waals surface area contributed by atoms with Crippen LogP contribution in [-0.4, -0.2) is 24.0 Å². The molecule has 1 unspecified atom stereocenters. The van der Waals surface area contributed by atoms with Gasteiger partial charge in [0.05, 0.1) is 0 Å². The van der Waals surface area contributed by atoms with Crippen molar-refractivity contribution in [2.45, 2.75) is 39.5 Å². The third kappa shape index (κ3) is 18.4. The Labute approximate surface area is 171 Å². The van der Waals surface area contributed by atoms with Crippen LogP contribution >= 0.6 is 15.2 Å². The van der Waals surface area contributed by atoms with Crippen LogP contribution in [-0.2, 0) is 9.13 Å². The molecule has 0 aromatic carbocycles. The SMILES string of the molecule is CCCCC(CC)CN(CP(=O)([O-])[O-])CP(=O)([O-])[O-].[Na+].[Na+]. The first-order valence-electron chi connectivity index (χ1n) is 6.32. The fourth-order valence-corrected chi connectivity index (χ4v) is 3.50. The molecular formula is C10H21NNa2O6P2-2. The van der Waals surface area contributed by atoms with Crippen LogP contribution in [0.15, 0.2) is 0 Å². The molecule has 7 nitrogen and oxygen atoms in total. The van der Waals surface area contributed by atoms with Crippen LogP contribution in [0.2, 0.25) is 0 Å². The van der Waals surface area contributed by atoms with Gasteiger partial charge < -0.3 is 28.7 Å². The Morgan fingerprint density at radius 2 is 1.38 bits per heavy atom. The van der Waals surface area contributed by atoms with Crippen molar-refractivity contribution in [1.82, 2.24) is 4.90 Å². The van der Waals surface area contributed by atoms with E-state index in [1.165, 1.54) is 0 Å². The molecule has 0 spiro atoms. The summed E-state index contributed by atoms with van der Waals surface area (Å²) in [5, 5.41) is 0. The van der Waals surface area contributed by atoms with Crippen molar-refractivity contribution in [1.29, 1.82) is 0 Å². The van der Waals surface area contributed by atoms with E-state index < -0.39 is 27.8 Å². The summed E-state index contributed by atoms with van der Waals surface area (Å²) in [6.45, 7) is 4.05. The van der Waals surface area contributed by atoms with Gasteiger partial charge in [0, 0.05) is 19.1 Å². The molecule has 0 radical (unpaired) electrons. The second kappa shape index (κ2) is 13.5. The van der Waals surface area contributed by atoms with Crippen molar-refractivity contribution in [3.05, 3.63) is 0 Å². The van der Waals surface area contributed by atoms with Crippen molar-refractivity contribution >= 4 is 15.2 Å². The normalized spacial score (nSPS) is 13.5. The standard InChI is InChI=1S/C10H25NO6P2.2Na/c1-3-5-6-10(4-2)7-11(8-18(12,13)14)9-19(15,16)17;;/h10H,3-9H2,1-2H3,(H2,12,13,14)(H2,15,16,17);;/q;2*+1/p-4. The zero-order valence-corrected chi connectivity index (χ0v) is 19.1. The summed E-state index contributed by atoms with van der Waals surface area (Å²) in [6, 6.07) is 0. The van der Waals surface area contributed by atoms with Crippen molar-refractivity contribution in [2.24, 2.45) is 5.92 Å². The molecule has 0 aliphatic carbocycles. The molecule has 11 heteroatoms. The molecule has 0 saturated carbocycles. The van der Waals surface area contributed by atoms with Gasteiger partial charge >= 0.3 is 59.1 Å². The summed E-state index contributed by atoms with van der Waals surface area (Å²) < 4.78 is 21.5. The molecule has 0 fully saturated rings.